The lowest BCUT2D eigenvalue weighted by Gasteiger charge is -2.23. The Morgan fingerprint density at radius 1 is 0.625 bits per heavy atom. The van der Waals surface area contributed by atoms with Crippen LogP contribution in [0.4, 0.5) is 0 Å². The standard InChI is InChI=1S/C22H23OP/c1-16-10-12-21(18(3)14-16)24(23-20-8-6-5-7-9-20)22-13-11-17(2)15-19(22)4/h5-15H,1-4H3. The molecule has 0 atom stereocenters. The van der Waals surface area contributed by atoms with Crippen molar-refractivity contribution < 1.29 is 4.52 Å². The topological polar surface area (TPSA) is 9.23 Å². The van der Waals surface area contributed by atoms with Crippen molar-refractivity contribution in [1.29, 1.82) is 0 Å². The van der Waals surface area contributed by atoms with Gasteiger partial charge in [-0.15, -0.1) is 0 Å². The molecule has 0 saturated carbocycles. The van der Waals surface area contributed by atoms with E-state index < -0.39 is 8.15 Å². The predicted molar refractivity (Wildman–Crippen MR) is 105 cm³/mol. The van der Waals surface area contributed by atoms with Crippen LogP contribution in [0.1, 0.15) is 22.3 Å². The summed E-state index contributed by atoms with van der Waals surface area (Å²) < 4.78 is 6.49. The van der Waals surface area contributed by atoms with Crippen molar-refractivity contribution in [3.63, 3.8) is 0 Å². The van der Waals surface area contributed by atoms with Gasteiger partial charge in [-0.3, -0.25) is 0 Å². The zero-order chi connectivity index (χ0) is 17.1. The monoisotopic (exact) mass is 334 g/mol. The van der Waals surface area contributed by atoms with Gasteiger partial charge in [-0.1, -0.05) is 65.7 Å². The minimum absolute atomic E-state index is 0.894. The minimum atomic E-state index is -0.894. The highest BCUT2D eigenvalue weighted by Gasteiger charge is 2.21. The third-order valence-corrected chi connectivity index (χ3v) is 6.35. The lowest BCUT2D eigenvalue weighted by atomic mass is 10.2. The maximum atomic E-state index is 6.49. The van der Waals surface area contributed by atoms with Gasteiger partial charge < -0.3 is 4.52 Å². The molecule has 0 unspecified atom stereocenters. The zero-order valence-electron chi connectivity index (χ0n) is 14.7. The second-order valence-electron chi connectivity index (χ2n) is 6.28. The van der Waals surface area contributed by atoms with Gasteiger partial charge in [0.2, 0.25) is 0 Å². The molecule has 0 aliphatic carbocycles. The van der Waals surface area contributed by atoms with Crippen LogP contribution in [0.5, 0.6) is 5.75 Å². The third kappa shape index (κ3) is 3.68. The summed E-state index contributed by atoms with van der Waals surface area (Å²) in [6.07, 6.45) is 0. The molecular weight excluding hydrogens is 311 g/mol. The van der Waals surface area contributed by atoms with Crippen LogP contribution in [-0.2, 0) is 0 Å². The smallest absolute Gasteiger partial charge is 0.151 e. The highest BCUT2D eigenvalue weighted by Crippen LogP contribution is 2.38. The normalized spacial score (nSPS) is 10.9. The molecule has 0 amide bonds. The van der Waals surface area contributed by atoms with Gasteiger partial charge in [-0.2, -0.15) is 0 Å². The number of benzene rings is 3. The number of aryl methyl sites for hydroxylation is 4. The van der Waals surface area contributed by atoms with E-state index in [4.69, 9.17) is 4.52 Å². The van der Waals surface area contributed by atoms with Crippen LogP contribution < -0.4 is 15.1 Å². The van der Waals surface area contributed by atoms with Gasteiger partial charge in [0.05, 0.1) is 0 Å². The molecule has 3 rings (SSSR count). The van der Waals surface area contributed by atoms with E-state index in [-0.39, 0.29) is 0 Å². The molecule has 0 fully saturated rings. The molecule has 0 aliphatic rings. The Bertz CT molecular complexity index is 788. The van der Waals surface area contributed by atoms with Crippen LogP contribution in [0.15, 0.2) is 66.7 Å². The van der Waals surface area contributed by atoms with Crippen molar-refractivity contribution in [1.82, 2.24) is 0 Å². The molecule has 0 spiro atoms. The van der Waals surface area contributed by atoms with Crippen molar-refractivity contribution in [2.24, 2.45) is 0 Å². The van der Waals surface area contributed by atoms with Crippen LogP contribution in [0, 0.1) is 27.7 Å². The van der Waals surface area contributed by atoms with E-state index in [1.165, 1.54) is 32.9 Å². The molecule has 3 aromatic carbocycles. The molecule has 122 valence electrons. The number of hydrogen-bond donors (Lipinski definition) is 0. The molecule has 24 heavy (non-hydrogen) atoms. The summed E-state index contributed by atoms with van der Waals surface area (Å²) in [5.41, 5.74) is 5.15. The molecule has 0 aromatic heterocycles. The van der Waals surface area contributed by atoms with Gasteiger partial charge in [-0.25, -0.2) is 0 Å². The van der Waals surface area contributed by atoms with E-state index >= 15 is 0 Å². The summed E-state index contributed by atoms with van der Waals surface area (Å²) >= 11 is 0. The van der Waals surface area contributed by atoms with Gasteiger partial charge in [0.1, 0.15) is 5.75 Å². The SMILES string of the molecule is Cc1ccc(P(Oc2ccccc2)c2ccc(C)cc2C)c(C)c1. The first-order valence-corrected chi connectivity index (χ1v) is 9.48. The van der Waals surface area contributed by atoms with Crippen molar-refractivity contribution in [2.45, 2.75) is 27.7 Å². The average molecular weight is 334 g/mol. The minimum Gasteiger partial charge on any atom is -0.464 e. The Hall–Kier alpha value is -2.11. The summed E-state index contributed by atoms with van der Waals surface area (Å²) in [5.74, 6) is 0.920. The van der Waals surface area contributed by atoms with E-state index in [9.17, 15) is 0 Å². The summed E-state index contributed by atoms with van der Waals surface area (Å²) in [4.78, 5) is 0. The summed E-state index contributed by atoms with van der Waals surface area (Å²) in [7, 11) is -0.894. The molecule has 0 aliphatic heterocycles. The van der Waals surface area contributed by atoms with Gasteiger partial charge >= 0.3 is 0 Å². The van der Waals surface area contributed by atoms with Crippen molar-refractivity contribution in [2.75, 3.05) is 0 Å². The summed E-state index contributed by atoms with van der Waals surface area (Å²) in [5, 5.41) is 2.57. The van der Waals surface area contributed by atoms with Gasteiger partial charge in [0.25, 0.3) is 0 Å². The second-order valence-corrected chi connectivity index (χ2v) is 8.01. The molecule has 1 nitrogen and oxygen atoms in total. The van der Waals surface area contributed by atoms with E-state index in [0.29, 0.717) is 0 Å². The molecule has 0 saturated heterocycles. The van der Waals surface area contributed by atoms with E-state index in [1.807, 2.05) is 30.3 Å². The zero-order valence-corrected chi connectivity index (χ0v) is 15.6. The second kappa shape index (κ2) is 7.20. The van der Waals surface area contributed by atoms with Crippen molar-refractivity contribution in [3.05, 3.63) is 89.0 Å². The fourth-order valence-corrected chi connectivity index (χ4v) is 4.86. The summed E-state index contributed by atoms with van der Waals surface area (Å²) in [6.45, 7) is 8.62. The Labute approximate surface area is 146 Å². The Kier molecular flexibility index (Phi) is 5.02. The largest absolute Gasteiger partial charge is 0.464 e. The van der Waals surface area contributed by atoms with Crippen molar-refractivity contribution in [3.8, 4) is 5.75 Å². The highest BCUT2D eigenvalue weighted by atomic mass is 31.1. The molecule has 0 N–H and O–H groups in total. The lowest BCUT2D eigenvalue weighted by molar-refractivity contribution is 0.629. The predicted octanol–water partition coefficient (Wildman–Crippen LogP) is 5.35. The number of para-hydroxylation sites is 1. The molecular formula is C22H23OP. The third-order valence-electron chi connectivity index (χ3n) is 4.08. The average Bonchev–Trinajstić information content (AvgIpc) is 2.55. The molecule has 0 radical (unpaired) electrons. The quantitative estimate of drug-likeness (QED) is 0.585. The highest BCUT2D eigenvalue weighted by molar-refractivity contribution is 7.69. The van der Waals surface area contributed by atoms with Crippen LogP contribution >= 0.6 is 8.15 Å². The summed E-state index contributed by atoms with van der Waals surface area (Å²) in [6, 6.07) is 23.4. The molecule has 0 heterocycles. The fourth-order valence-electron chi connectivity index (χ4n) is 2.88. The van der Waals surface area contributed by atoms with E-state index in [0.717, 1.165) is 5.75 Å². The van der Waals surface area contributed by atoms with Crippen LogP contribution in [0.25, 0.3) is 0 Å². The number of hydrogen-bond acceptors (Lipinski definition) is 1. The molecule has 0 bridgehead atoms. The number of rotatable bonds is 4. The van der Waals surface area contributed by atoms with Gasteiger partial charge in [0.15, 0.2) is 8.15 Å². The van der Waals surface area contributed by atoms with Gasteiger partial charge in [-0.05, 0) is 51.0 Å². The fraction of sp³-hybridized carbons (Fsp3) is 0.182. The van der Waals surface area contributed by atoms with E-state index in [1.54, 1.807) is 0 Å². The van der Waals surface area contributed by atoms with Crippen LogP contribution in [-0.4, -0.2) is 0 Å². The molecule has 2 heteroatoms. The first kappa shape index (κ1) is 16.7. The lowest BCUT2D eigenvalue weighted by Crippen LogP contribution is -2.20. The first-order chi connectivity index (χ1) is 11.5. The first-order valence-electron chi connectivity index (χ1n) is 8.22. The van der Waals surface area contributed by atoms with Crippen molar-refractivity contribution >= 4 is 18.8 Å². The van der Waals surface area contributed by atoms with Crippen LogP contribution in [0.3, 0.4) is 0 Å². The maximum absolute atomic E-state index is 6.49. The molecule has 3 aromatic rings. The Balaban J connectivity index is 2.09. The maximum Gasteiger partial charge on any atom is 0.151 e. The van der Waals surface area contributed by atoms with E-state index in [2.05, 4.69) is 64.1 Å². The van der Waals surface area contributed by atoms with Gasteiger partial charge in [0, 0.05) is 10.6 Å². The Morgan fingerprint density at radius 3 is 1.58 bits per heavy atom. The van der Waals surface area contributed by atoms with Crippen LogP contribution in [0.2, 0.25) is 0 Å². The Morgan fingerprint density at radius 2 is 1.12 bits per heavy atom.